The number of aliphatic hydroxyl groups is 1. The average Bonchev–Trinajstić information content (AvgIpc) is 3.46. The molecule has 2 fully saturated rings. The molecule has 2 aliphatic carbocycles. The number of thiazole rings is 1. The van der Waals surface area contributed by atoms with Gasteiger partial charge < -0.3 is 14.4 Å². The van der Waals surface area contributed by atoms with Crippen molar-refractivity contribution in [2.45, 2.75) is 62.8 Å². The molecular weight excluding hydrogens is 590 g/mol. The fourth-order valence-electron chi connectivity index (χ4n) is 4.83. The van der Waals surface area contributed by atoms with Crippen LogP contribution in [-0.4, -0.2) is 21.4 Å². The standard InChI is InChI=1S/C26H22BrCl2FN2O3S/c27-16-6-7-19-24(21(16)30)36-25(31-19)26(33)10-8-14(9-11-26)34-12-15-22(32-35-23(15)13-4-5-13)20-17(28)2-1-3-18(20)29/h1-3,6-7,13-14,33H,4-5,8-12H2/t14-,26+. The summed E-state index contributed by atoms with van der Waals surface area (Å²) in [6, 6.07) is 8.77. The first kappa shape index (κ1) is 24.8. The quantitative estimate of drug-likeness (QED) is 0.237. The van der Waals surface area contributed by atoms with Crippen molar-refractivity contribution in [3.05, 3.63) is 67.0 Å². The molecule has 0 unspecified atom stereocenters. The van der Waals surface area contributed by atoms with Crippen LogP contribution in [0, 0.1) is 5.82 Å². The first-order valence-corrected chi connectivity index (χ1v) is 14.2. The Balaban J connectivity index is 1.18. The van der Waals surface area contributed by atoms with Crippen molar-refractivity contribution in [1.82, 2.24) is 10.1 Å². The molecule has 2 heterocycles. The number of benzene rings is 2. The summed E-state index contributed by atoms with van der Waals surface area (Å²) in [6.07, 6.45) is 4.38. The Kier molecular flexibility index (Phi) is 6.63. The highest BCUT2D eigenvalue weighted by Gasteiger charge is 2.39. The molecule has 1 N–H and O–H groups in total. The van der Waals surface area contributed by atoms with Crippen molar-refractivity contribution in [3.8, 4) is 11.3 Å². The van der Waals surface area contributed by atoms with Crippen LogP contribution in [0.1, 0.15) is 60.8 Å². The monoisotopic (exact) mass is 610 g/mol. The molecule has 0 amide bonds. The van der Waals surface area contributed by atoms with Gasteiger partial charge in [0, 0.05) is 17.0 Å². The lowest BCUT2D eigenvalue weighted by molar-refractivity contribution is -0.0640. The number of nitrogens with zero attached hydrogens (tertiary/aromatic N) is 2. The molecule has 188 valence electrons. The maximum atomic E-state index is 14.5. The molecule has 0 aliphatic heterocycles. The van der Waals surface area contributed by atoms with Gasteiger partial charge in [-0.25, -0.2) is 9.37 Å². The molecule has 0 saturated heterocycles. The SMILES string of the molecule is O[C@]1(c2nc3ccc(Br)c(F)c3s2)CC[C@H](OCc2c(-c3c(Cl)cccc3Cl)noc2C2CC2)CC1. The van der Waals surface area contributed by atoms with Gasteiger partial charge in [0.1, 0.15) is 22.1 Å². The fraction of sp³-hybridized carbons (Fsp3) is 0.385. The predicted octanol–water partition coefficient (Wildman–Crippen LogP) is 8.38. The first-order chi connectivity index (χ1) is 17.3. The van der Waals surface area contributed by atoms with Crippen LogP contribution < -0.4 is 0 Å². The lowest BCUT2D eigenvalue weighted by Crippen LogP contribution is -2.34. The van der Waals surface area contributed by atoms with Crippen molar-refractivity contribution < 1.29 is 18.8 Å². The van der Waals surface area contributed by atoms with E-state index in [2.05, 4.69) is 26.1 Å². The number of ether oxygens (including phenoxy) is 1. The smallest absolute Gasteiger partial charge is 0.156 e. The number of aromatic nitrogens is 2. The maximum Gasteiger partial charge on any atom is 0.156 e. The summed E-state index contributed by atoms with van der Waals surface area (Å²) < 4.78 is 27.4. The lowest BCUT2D eigenvalue weighted by Gasteiger charge is -2.34. The highest BCUT2D eigenvalue weighted by atomic mass is 79.9. The van der Waals surface area contributed by atoms with Crippen LogP contribution in [0.15, 0.2) is 39.3 Å². The zero-order valence-corrected chi connectivity index (χ0v) is 23.0. The molecule has 2 aromatic heterocycles. The van der Waals surface area contributed by atoms with Gasteiger partial charge in [0.2, 0.25) is 0 Å². The Morgan fingerprint density at radius 2 is 1.86 bits per heavy atom. The summed E-state index contributed by atoms with van der Waals surface area (Å²) in [6.45, 7) is 0.329. The Morgan fingerprint density at radius 1 is 1.14 bits per heavy atom. The summed E-state index contributed by atoms with van der Waals surface area (Å²) in [7, 11) is 0. The van der Waals surface area contributed by atoms with Crippen LogP contribution >= 0.6 is 50.5 Å². The third-order valence-corrected chi connectivity index (χ3v) is 9.54. The molecule has 5 nitrogen and oxygen atoms in total. The van der Waals surface area contributed by atoms with E-state index in [1.165, 1.54) is 11.3 Å². The molecule has 0 radical (unpaired) electrons. The zero-order chi connectivity index (χ0) is 25.0. The molecule has 6 rings (SSSR count). The van der Waals surface area contributed by atoms with Crippen LogP contribution in [0.2, 0.25) is 10.0 Å². The molecule has 36 heavy (non-hydrogen) atoms. The van der Waals surface area contributed by atoms with Gasteiger partial charge >= 0.3 is 0 Å². The van der Waals surface area contributed by atoms with Crippen molar-refractivity contribution >= 4 is 60.7 Å². The van der Waals surface area contributed by atoms with Gasteiger partial charge in [-0.05, 0) is 78.7 Å². The van der Waals surface area contributed by atoms with Crippen LogP contribution in [0.3, 0.4) is 0 Å². The van der Waals surface area contributed by atoms with E-state index in [1.54, 1.807) is 30.3 Å². The van der Waals surface area contributed by atoms with Gasteiger partial charge in [0.05, 0.1) is 37.4 Å². The van der Waals surface area contributed by atoms with E-state index in [0.717, 1.165) is 24.2 Å². The molecule has 0 spiro atoms. The fourth-order valence-corrected chi connectivity index (χ4v) is 7.02. The summed E-state index contributed by atoms with van der Waals surface area (Å²) in [5, 5.41) is 17.3. The molecule has 0 atom stereocenters. The van der Waals surface area contributed by atoms with Gasteiger partial charge in [0.25, 0.3) is 0 Å². The molecule has 2 aromatic carbocycles. The number of fused-ring (bicyclic) bond motifs is 1. The Labute approximate surface area is 229 Å². The van der Waals surface area contributed by atoms with Gasteiger partial charge in [-0.2, -0.15) is 0 Å². The second-order valence-electron chi connectivity index (χ2n) is 9.52. The van der Waals surface area contributed by atoms with E-state index in [-0.39, 0.29) is 11.9 Å². The van der Waals surface area contributed by atoms with Gasteiger partial charge in [-0.15, -0.1) is 11.3 Å². The summed E-state index contributed by atoms with van der Waals surface area (Å²) in [5.41, 5.74) is 1.65. The second-order valence-corrected chi connectivity index (χ2v) is 12.2. The highest BCUT2D eigenvalue weighted by molar-refractivity contribution is 9.10. The average molecular weight is 612 g/mol. The normalized spacial score (nSPS) is 22.4. The van der Waals surface area contributed by atoms with Crippen molar-refractivity contribution in [2.75, 3.05) is 0 Å². The van der Waals surface area contributed by atoms with Crippen molar-refractivity contribution in [3.63, 3.8) is 0 Å². The number of rotatable bonds is 6. The number of hydrogen-bond acceptors (Lipinski definition) is 6. The van der Waals surface area contributed by atoms with Crippen LogP contribution in [0.4, 0.5) is 4.39 Å². The van der Waals surface area contributed by atoms with Crippen LogP contribution in [0.25, 0.3) is 21.5 Å². The zero-order valence-electron chi connectivity index (χ0n) is 19.1. The number of hydrogen-bond donors (Lipinski definition) is 1. The molecule has 2 aliphatic rings. The summed E-state index contributed by atoms with van der Waals surface area (Å²) in [5.74, 6) is 0.851. The van der Waals surface area contributed by atoms with Crippen molar-refractivity contribution in [1.29, 1.82) is 0 Å². The molecule has 2 saturated carbocycles. The largest absolute Gasteiger partial charge is 0.383 e. The van der Waals surface area contributed by atoms with E-state index in [1.807, 2.05) is 0 Å². The highest BCUT2D eigenvalue weighted by Crippen LogP contribution is 2.47. The van der Waals surface area contributed by atoms with E-state index < -0.39 is 5.60 Å². The Bertz CT molecular complexity index is 1430. The van der Waals surface area contributed by atoms with E-state index in [0.29, 0.717) is 79.2 Å². The second kappa shape index (κ2) is 9.64. The van der Waals surface area contributed by atoms with Crippen molar-refractivity contribution in [2.24, 2.45) is 0 Å². The first-order valence-electron chi connectivity index (χ1n) is 11.9. The molecule has 10 heteroatoms. The van der Waals surface area contributed by atoms with E-state index >= 15 is 0 Å². The van der Waals surface area contributed by atoms with Gasteiger partial charge in [-0.3, -0.25) is 0 Å². The van der Waals surface area contributed by atoms with Crippen LogP contribution in [0.5, 0.6) is 0 Å². The minimum absolute atomic E-state index is 0.0398. The third-order valence-electron chi connectivity index (χ3n) is 7.04. The molecule has 0 bridgehead atoms. The van der Waals surface area contributed by atoms with Gasteiger partial charge in [-0.1, -0.05) is 34.4 Å². The lowest BCUT2D eigenvalue weighted by atomic mass is 9.83. The van der Waals surface area contributed by atoms with Gasteiger partial charge in [0.15, 0.2) is 5.82 Å². The van der Waals surface area contributed by atoms with E-state index in [4.69, 9.17) is 32.5 Å². The minimum Gasteiger partial charge on any atom is -0.383 e. The predicted molar refractivity (Wildman–Crippen MR) is 142 cm³/mol. The minimum atomic E-state index is -1.09. The van der Waals surface area contributed by atoms with E-state index in [9.17, 15) is 9.50 Å². The Morgan fingerprint density at radius 3 is 2.56 bits per heavy atom. The van der Waals surface area contributed by atoms with Crippen LogP contribution in [-0.2, 0) is 16.9 Å². The molecular formula is C26H22BrCl2FN2O3S. The Hall–Kier alpha value is -1.55. The molecule has 4 aromatic rings. The maximum absolute atomic E-state index is 14.5. The summed E-state index contributed by atoms with van der Waals surface area (Å²) in [4.78, 5) is 4.54. The summed E-state index contributed by atoms with van der Waals surface area (Å²) >= 11 is 17.4. The third kappa shape index (κ3) is 4.50. The number of halogens is 4. The topological polar surface area (TPSA) is 68.4 Å².